The van der Waals surface area contributed by atoms with Crippen molar-refractivity contribution in [1.82, 2.24) is 5.32 Å². The second-order valence-electron chi connectivity index (χ2n) is 6.55. The van der Waals surface area contributed by atoms with Crippen molar-refractivity contribution in [3.63, 3.8) is 0 Å². The molecule has 0 spiro atoms. The molecule has 3 atom stereocenters. The van der Waals surface area contributed by atoms with Crippen LogP contribution in [0.3, 0.4) is 0 Å². The Morgan fingerprint density at radius 1 is 1.45 bits per heavy atom. The summed E-state index contributed by atoms with van der Waals surface area (Å²) in [6, 6.07) is 7.54. The number of amides is 1. The van der Waals surface area contributed by atoms with Gasteiger partial charge in [-0.25, -0.2) is 0 Å². The summed E-state index contributed by atoms with van der Waals surface area (Å²) in [5.74, 6) is 0.675. The molecule has 1 saturated heterocycles. The molecular formula is C17H25BrN2O2. The van der Waals surface area contributed by atoms with Crippen molar-refractivity contribution in [3.8, 4) is 0 Å². The SMILES string of the molecule is CC(C)C1OCCC1CNC(=O)C(C)(N)c1ccc(Br)cc1. The highest BCUT2D eigenvalue weighted by Crippen LogP contribution is 2.27. The van der Waals surface area contributed by atoms with Gasteiger partial charge in [0.1, 0.15) is 5.54 Å². The Morgan fingerprint density at radius 3 is 2.68 bits per heavy atom. The van der Waals surface area contributed by atoms with Crippen molar-refractivity contribution in [3.05, 3.63) is 34.3 Å². The molecule has 5 heteroatoms. The maximum atomic E-state index is 12.5. The highest BCUT2D eigenvalue weighted by atomic mass is 79.9. The molecule has 0 bridgehead atoms. The monoisotopic (exact) mass is 368 g/mol. The maximum absolute atomic E-state index is 12.5. The Kier molecular flexibility index (Phi) is 5.64. The van der Waals surface area contributed by atoms with Crippen LogP contribution in [0.5, 0.6) is 0 Å². The molecule has 22 heavy (non-hydrogen) atoms. The quantitative estimate of drug-likeness (QED) is 0.839. The Balaban J connectivity index is 1.97. The summed E-state index contributed by atoms with van der Waals surface area (Å²) in [5.41, 5.74) is 6.02. The van der Waals surface area contributed by atoms with Crippen LogP contribution in [-0.2, 0) is 15.1 Å². The van der Waals surface area contributed by atoms with E-state index in [4.69, 9.17) is 10.5 Å². The van der Waals surface area contributed by atoms with Crippen molar-refractivity contribution >= 4 is 21.8 Å². The minimum absolute atomic E-state index is 0.149. The van der Waals surface area contributed by atoms with E-state index in [9.17, 15) is 4.79 Å². The Hall–Kier alpha value is -0.910. The largest absolute Gasteiger partial charge is 0.378 e. The molecule has 0 saturated carbocycles. The lowest BCUT2D eigenvalue weighted by Crippen LogP contribution is -2.50. The number of hydrogen-bond acceptors (Lipinski definition) is 3. The predicted molar refractivity (Wildman–Crippen MR) is 91.4 cm³/mol. The number of nitrogens with two attached hydrogens (primary N) is 1. The molecule has 0 radical (unpaired) electrons. The zero-order valence-corrected chi connectivity index (χ0v) is 15.0. The Bertz CT molecular complexity index is 514. The summed E-state index contributed by atoms with van der Waals surface area (Å²) < 4.78 is 6.72. The van der Waals surface area contributed by atoms with E-state index < -0.39 is 5.54 Å². The van der Waals surface area contributed by atoms with Crippen LogP contribution in [0.2, 0.25) is 0 Å². The summed E-state index contributed by atoms with van der Waals surface area (Å²) in [6.45, 7) is 7.44. The van der Waals surface area contributed by atoms with Crippen LogP contribution in [0.15, 0.2) is 28.7 Å². The first kappa shape index (κ1) is 17.4. The normalized spacial score (nSPS) is 24.3. The van der Waals surface area contributed by atoms with E-state index in [-0.39, 0.29) is 12.0 Å². The van der Waals surface area contributed by atoms with Gasteiger partial charge in [0.25, 0.3) is 0 Å². The summed E-state index contributed by atoms with van der Waals surface area (Å²) in [7, 11) is 0. The lowest BCUT2D eigenvalue weighted by atomic mass is 9.90. The molecule has 1 amide bonds. The number of ether oxygens (including phenoxy) is 1. The molecule has 3 unspecified atom stereocenters. The van der Waals surface area contributed by atoms with Gasteiger partial charge in [-0.1, -0.05) is 41.9 Å². The average molecular weight is 369 g/mol. The van der Waals surface area contributed by atoms with Crippen molar-refractivity contribution < 1.29 is 9.53 Å². The van der Waals surface area contributed by atoms with Gasteiger partial charge in [-0.2, -0.15) is 0 Å². The minimum atomic E-state index is -1.03. The van der Waals surface area contributed by atoms with E-state index >= 15 is 0 Å². The summed E-state index contributed by atoms with van der Waals surface area (Å²) >= 11 is 3.39. The number of rotatable bonds is 5. The topological polar surface area (TPSA) is 64.3 Å². The second kappa shape index (κ2) is 7.11. The Morgan fingerprint density at radius 2 is 2.09 bits per heavy atom. The predicted octanol–water partition coefficient (Wildman–Crippen LogP) is 2.80. The van der Waals surface area contributed by atoms with Crippen molar-refractivity contribution in [2.75, 3.05) is 13.2 Å². The fourth-order valence-corrected chi connectivity index (χ4v) is 3.21. The lowest BCUT2D eigenvalue weighted by Gasteiger charge is -2.27. The van der Waals surface area contributed by atoms with Crippen LogP contribution in [-0.4, -0.2) is 25.2 Å². The maximum Gasteiger partial charge on any atom is 0.244 e. The lowest BCUT2D eigenvalue weighted by molar-refractivity contribution is -0.126. The van der Waals surface area contributed by atoms with Gasteiger partial charge in [-0.3, -0.25) is 4.79 Å². The minimum Gasteiger partial charge on any atom is -0.378 e. The van der Waals surface area contributed by atoms with Crippen LogP contribution < -0.4 is 11.1 Å². The third-order valence-corrected chi connectivity index (χ3v) is 4.89. The molecule has 3 N–H and O–H groups in total. The van der Waals surface area contributed by atoms with Gasteiger partial charge < -0.3 is 15.8 Å². The summed E-state index contributed by atoms with van der Waals surface area (Å²) in [6.07, 6.45) is 1.21. The molecule has 1 aromatic rings. The number of halogens is 1. The van der Waals surface area contributed by atoms with Crippen molar-refractivity contribution in [2.45, 2.75) is 38.8 Å². The van der Waals surface area contributed by atoms with Gasteiger partial charge in [0.05, 0.1) is 6.10 Å². The van der Waals surface area contributed by atoms with Crippen molar-refractivity contribution in [2.24, 2.45) is 17.6 Å². The van der Waals surface area contributed by atoms with Crippen LogP contribution in [0.4, 0.5) is 0 Å². The Labute approximate surface area is 140 Å². The zero-order chi connectivity index (χ0) is 16.3. The summed E-state index contributed by atoms with van der Waals surface area (Å²) in [5, 5.41) is 3.01. The van der Waals surface area contributed by atoms with Gasteiger partial charge in [-0.05, 0) is 37.0 Å². The second-order valence-corrected chi connectivity index (χ2v) is 7.46. The standard InChI is InChI=1S/C17H25BrN2O2/c1-11(2)15-12(8-9-22-15)10-20-16(21)17(3,19)13-4-6-14(18)7-5-13/h4-7,11-12,15H,8-10,19H2,1-3H3,(H,20,21). The molecule has 1 aliphatic heterocycles. The third-order valence-electron chi connectivity index (χ3n) is 4.36. The van der Waals surface area contributed by atoms with Gasteiger partial charge in [0.15, 0.2) is 0 Å². The number of carbonyl (C=O) groups excluding carboxylic acids is 1. The van der Waals surface area contributed by atoms with Crippen LogP contribution in [0.1, 0.15) is 32.8 Å². The van der Waals surface area contributed by atoms with Crippen molar-refractivity contribution in [1.29, 1.82) is 0 Å². The fourth-order valence-electron chi connectivity index (χ4n) is 2.95. The first-order valence-electron chi connectivity index (χ1n) is 7.77. The molecule has 1 aromatic carbocycles. The van der Waals surface area contributed by atoms with E-state index in [1.54, 1.807) is 6.92 Å². The smallest absolute Gasteiger partial charge is 0.244 e. The molecule has 0 aromatic heterocycles. The average Bonchev–Trinajstić information content (AvgIpc) is 2.93. The van der Waals surface area contributed by atoms with Gasteiger partial charge in [0, 0.05) is 23.5 Å². The van der Waals surface area contributed by atoms with E-state index in [1.165, 1.54) is 0 Å². The van der Waals surface area contributed by atoms with Gasteiger partial charge in [-0.15, -0.1) is 0 Å². The highest BCUT2D eigenvalue weighted by Gasteiger charge is 2.34. The molecule has 0 aliphatic carbocycles. The van der Waals surface area contributed by atoms with E-state index in [1.807, 2.05) is 24.3 Å². The first-order valence-corrected chi connectivity index (χ1v) is 8.56. The number of benzene rings is 1. The molecular weight excluding hydrogens is 344 g/mol. The van der Waals surface area contributed by atoms with E-state index in [0.29, 0.717) is 18.4 Å². The zero-order valence-electron chi connectivity index (χ0n) is 13.4. The van der Waals surface area contributed by atoms with Gasteiger partial charge in [0.2, 0.25) is 5.91 Å². The molecule has 1 aliphatic rings. The first-order chi connectivity index (χ1) is 10.3. The van der Waals surface area contributed by atoms with Crippen LogP contribution >= 0.6 is 15.9 Å². The number of nitrogens with one attached hydrogen (secondary N) is 1. The number of carbonyl (C=O) groups is 1. The van der Waals surface area contributed by atoms with E-state index in [2.05, 4.69) is 35.1 Å². The van der Waals surface area contributed by atoms with Gasteiger partial charge >= 0.3 is 0 Å². The summed E-state index contributed by atoms with van der Waals surface area (Å²) in [4.78, 5) is 12.5. The molecule has 4 nitrogen and oxygen atoms in total. The molecule has 1 fully saturated rings. The van der Waals surface area contributed by atoms with Crippen LogP contribution in [0, 0.1) is 11.8 Å². The van der Waals surface area contributed by atoms with Crippen LogP contribution in [0.25, 0.3) is 0 Å². The molecule has 122 valence electrons. The fraction of sp³-hybridized carbons (Fsp3) is 0.588. The highest BCUT2D eigenvalue weighted by molar-refractivity contribution is 9.10. The third kappa shape index (κ3) is 3.89. The molecule has 2 rings (SSSR count). The molecule has 1 heterocycles. The van der Waals surface area contributed by atoms with E-state index in [0.717, 1.165) is 23.1 Å². The number of hydrogen-bond donors (Lipinski definition) is 2.